The normalized spacial score (nSPS) is 11.5. The van der Waals surface area contributed by atoms with Crippen molar-refractivity contribution in [2.75, 3.05) is 0 Å². The van der Waals surface area contributed by atoms with Gasteiger partial charge in [0.25, 0.3) is 0 Å². The van der Waals surface area contributed by atoms with Gasteiger partial charge in [0.2, 0.25) is 0 Å². The smallest absolute Gasteiger partial charge is 0.164 e. The molecule has 0 aliphatic carbocycles. The third-order valence-electron chi connectivity index (χ3n) is 9.87. The number of para-hydroxylation sites is 1. The van der Waals surface area contributed by atoms with E-state index >= 15 is 0 Å². The van der Waals surface area contributed by atoms with Crippen LogP contribution in [0.25, 0.3) is 89.3 Å². The summed E-state index contributed by atoms with van der Waals surface area (Å²) >= 11 is 0. The zero-order chi connectivity index (χ0) is 35.9. The molecule has 9 rings (SSSR count). The minimum Gasteiger partial charge on any atom is -0.256 e. The molecule has 53 heavy (non-hydrogen) atoms. The Morgan fingerprint density at radius 3 is 1.85 bits per heavy atom. The topological polar surface area (TPSA) is 77.3 Å². The number of nitrogens with zero attached hydrogens (tertiary/aromatic N) is 6. The molecule has 6 heteroatoms. The van der Waals surface area contributed by atoms with E-state index in [-0.39, 0.29) is 0 Å². The summed E-state index contributed by atoms with van der Waals surface area (Å²) in [5.74, 6) is 2.13. The van der Waals surface area contributed by atoms with Crippen LogP contribution in [0.15, 0.2) is 146 Å². The van der Waals surface area contributed by atoms with Gasteiger partial charge < -0.3 is 0 Å². The molecule has 0 amide bonds. The molecule has 4 heterocycles. The van der Waals surface area contributed by atoms with Gasteiger partial charge >= 0.3 is 0 Å². The number of fused-ring (bicyclic) bond motifs is 4. The summed E-state index contributed by atoms with van der Waals surface area (Å²) in [7, 11) is 0. The Bertz CT molecular complexity index is 2800. The SMILES string of the molecule is CCc1cc(C(C)C)nc2c1ccc1ccc(-c3cccc(-c4nc(-c5ccccc5)nc(-c5cccc(-c6cccc7cccnc67)c5)n4)c3)nc12. The van der Waals surface area contributed by atoms with Crippen molar-refractivity contribution in [3.63, 3.8) is 0 Å². The maximum absolute atomic E-state index is 5.25. The predicted molar refractivity (Wildman–Crippen MR) is 216 cm³/mol. The fourth-order valence-corrected chi connectivity index (χ4v) is 7.04. The molecular weight excluding hydrogens is 649 g/mol. The Labute approximate surface area is 308 Å². The van der Waals surface area contributed by atoms with Crippen LogP contribution in [0.1, 0.15) is 37.9 Å². The highest BCUT2D eigenvalue weighted by Gasteiger charge is 2.16. The number of aryl methyl sites for hydroxylation is 1. The fourth-order valence-electron chi connectivity index (χ4n) is 7.04. The molecule has 0 saturated heterocycles. The summed E-state index contributed by atoms with van der Waals surface area (Å²) in [4.78, 5) is 30.2. The molecule has 0 N–H and O–H groups in total. The lowest BCUT2D eigenvalue weighted by molar-refractivity contribution is 0.826. The average Bonchev–Trinajstić information content (AvgIpc) is 3.23. The molecule has 0 bridgehead atoms. The van der Waals surface area contributed by atoms with Gasteiger partial charge in [-0.3, -0.25) is 9.97 Å². The van der Waals surface area contributed by atoms with E-state index in [1.165, 1.54) is 5.56 Å². The van der Waals surface area contributed by atoms with E-state index in [9.17, 15) is 0 Å². The molecule has 0 unspecified atom stereocenters. The monoisotopic (exact) mass is 684 g/mol. The Morgan fingerprint density at radius 2 is 1.09 bits per heavy atom. The van der Waals surface area contributed by atoms with Crippen molar-refractivity contribution in [2.45, 2.75) is 33.1 Å². The second kappa shape index (κ2) is 13.5. The van der Waals surface area contributed by atoms with Crippen molar-refractivity contribution in [1.82, 2.24) is 29.9 Å². The van der Waals surface area contributed by atoms with Gasteiger partial charge in [0.1, 0.15) is 0 Å². The van der Waals surface area contributed by atoms with Gasteiger partial charge in [-0.2, -0.15) is 0 Å². The van der Waals surface area contributed by atoms with Crippen LogP contribution in [0, 0.1) is 0 Å². The van der Waals surface area contributed by atoms with Crippen molar-refractivity contribution in [3.05, 3.63) is 157 Å². The molecule has 9 aromatic rings. The molecule has 6 nitrogen and oxygen atoms in total. The van der Waals surface area contributed by atoms with Crippen LogP contribution in [0.3, 0.4) is 0 Å². The van der Waals surface area contributed by atoms with E-state index in [2.05, 4.69) is 118 Å². The fraction of sp³-hybridized carbons (Fsp3) is 0.106. The first kappa shape index (κ1) is 32.3. The molecule has 4 aromatic heterocycles. The lowest BCUT2D eigenvalue weighted by Crippen LogP contribution is -2.00. The van der Waals surface area contributed by atoms with Crippen LogP contribution < -0.4 is 0 Å². The first-order valence-electron chi connectivity index (χ1n) is 18.1. The summed E-state index contributed by atoms with van der Waals surface area (Å²) in [5, 5.41) is 3.33. The van der Waals surface area contributed by atoms with Crippen molar-refractivity contribution in [2.24, 2.45) is 0 Å². The second-order valence-electron chi connectivity index (χ2n) is 13.7. The Hall–Kier alpha value is -6.66. The van der Waals surface area contributed by atoms with Crippen LogP contribution >= 0.6 is 0 Å². The van der Waals surface area contributed by atoms with Crippen LogP contribution in [0.4, 0.5) is 0 Å². The largest absolute Gasteiger partial charge is 0.256 e. The number of hydrogen-bond acceptors (Lipinski definition) is 6. The molecular formula is C47H36N6. The lowest BCUT2D eigenvalue weighted by atomic mass is 9.99. The van der Waals surface area contributed by atoms with Crippen LogP contribution in [0.2, 0.25) is 0 Å². The first-order chi connectivity index (χ1) is 26.0. The third kappa shape index (κ3) is 6.08. The van der Waals surface area contributed by atoms with E-state index < -0.39 is 0 Å². The maximum atomic E-state index is 5.25. The van der Waals surface area contributed by atoms with E-state index in [0.29, 0.717) is 23.4 Å². The van der Waals surface area contributed by atoms with Crippen molar-refractivity contribution in [1.29, 1.82) is 0 Å². The second-order valence-corrected chi connectivity index (χ2v) is 13.7. The predicted octanol–water partition coefficient (Wildman–Crippen LogP) is 11.5. The maximum Gasteiger partial charge on any atom is 0.164 e. The highest BCUT2D eigenvalue weighted by molar-refractivity contribution is 6.04. The highest BCUT2D eigenvalue weighted by Crippen LogP contribution is 2.34. The van der Waals surface area contributed by atoms with Crippen LogP contribution in [-0.4, -0.2) is 29.9 Å². The molecule has 0 aliphatic heterocycles. The number of hydrogen-bond donors (Lipinski definition) is 0. The van der Waals surface area contributed by atoms with Gasteiger partial charge in [0, 0.05) is 55.9 Å². The molecule has 0 radical (unpaired) electrons. The van der Waals surface area contributed by atoms with E-state index in [0.717, 1.165) is 83.9 Å². The first-order valence-corrected chi connectivity index (χ1v) is 18.1. The summed E-state index contributed by atoms with van der Waals surface area (Å²) in [6, 6.07) is 47.9. The average molecular weight is 685 g/mol. The third-order valence-corrected chi connectivity index (χ3v) is 9.87. The Balaban J connectivity index is 1.17. The highest BCUT2D eigenvalue weighted by atomic mass is 15.0. The number of pyridine rings is 3. The quantitative estimate of drug-likeness (QED) is 0.156. The molecule has 0 saturated carbocycles. The summed E-state index contributed by atoms with van der Waals surface area (Å²) in [5.41, 5.74) is 11.9. The van der Waals surface area contributed by atoms with E-state index in [1.807, 2.05) is 48.7 Å². The minimum atomic E-state index is 0.323. The Kier molecular flexibility index (Phi) is 8.20. The van der Waals surface area contributed by atoms with Crippen molar-refractivity contribution < 1.29 is 0 Å². The van der Waals surface area contributed by atoms with Crippen LogP contribution in [0.5, 0.6) is 0 Å². The zero-order valence-corrected chi connectivity index (χ0v) is 29.8. The molecule has 0 fully saturated rings. The van der Waals surface area contributed by atoms with Gasteiger partial charge in [-0.15, -0.1) is 0 Å². The van der Waals surface area contributed by atoms with Gasteiger partial charge in [0.15, 0.2) is 17.5 Å². The number of rotatable bonds is 7. The summed E-state index contributed by atoms with van der Waals surface area (Å²) in [6.45, 7) is 6.59. The van der Waals surface area contributed by atoms with Crippen molar-refractivity contribution in [3.8, 4) is 56.5 Å². The van der Waals surface area contributed by atoms with Gasteiger partial charge in [-0.05, 0) is 53.8 Å². The van der Waals surface area contributed by atoms with Crippen molar-refractivity contribution >= 4 is 32.7 Å². The standard InChI is InChI=1S/C47H36N6/c1-4-30-28-41(29(2)3)50-44-39(30)23-21-32-22-24-40(49-43(32)44)35-16-9-18-37(27-35)47-52-45(33-12-6-5-7-13-33)51-46(53-47)36-17-8-15-34(26-36)38-20-10-14-31-19-11-25-48-42(31)38/h5-29H,4H2,1-3H3. The molecule has 254 valence electrons. The van der Waals surface area contributed by atoms with Crippen LogP contribution in [-0.2, 0) is 6.42 Å². The van der Waals surface area contributed by atoms with Gasteiger partial charge in [-0.25, -0.2) is 19.9 Å². The lowest BCUT2D eigenvalue weighted by Gasteiger charge is -2.13. The Morgan fingerprint density at radius 1 is 0.472 bits per heavy atom. The summed E-state index contributed by atoms with van der Waals surface area (Å²) in [6.07, 6.45) is 2.78. The number of aromatic nitrogens is 6. The molecule has 5 aromatic carbocycles. The van der Waals surface area contributed by atoms with Gasteiger partial charge in [0.05, 0.1) is 22.2 Å². The molecule has 0 aliphatic rings. The summed E-state index contributed by atoms with van der Waals surface area (Å²) < 4.78 is 0. The number of benzene rings is 5. The van der Waals surface area contributed by atoms with E-state index in [1.54, 1.807) is 0 Å². The van der Waals surface area contributed by atoms with E-state index in [4.69, 9.17) is 29.9 Å². The molecule has 0 spiro atoms. The zero-order valence-electron chi connectivity index (χ0n) is 29.8. The minimum absolute atomic E-state index is 0.323. The van der Waals surface area contributed by atoms with Gasteiger partial charge in [-0.1, -0.05) is 130 Å². The molecule has 0 atom stereocenters.